The van der Waals surface area contributed by atoms with Crippen molar-refractivity contribution in [2.24, 2.45) is 0 Å². The Bertz CT molecular complexity index is 1310. The van der Waals surface area contributed by atoms with Gasteiger partial charge in [-0.05, 0) is 41.8 Å². The van der Waals surface area contributed by atoms with Gasteiger partial charge >= 0.3 is 0 Å². The molecule has 1 aliphatic heterocycles. The van der Waals surface area contributed by atoms with Gasteiger partial charge in [0.05, 0.1) is 24.5 Å². The van der Waals surface area contributed by atoms with Crippen molar-refractivity contribution < 1.29 is 19.0 Å². The predicted molar refractivity (Wildman–Crippen MR) is 137 cm³/mol. The topological polar surface area (TPSA) is 116 Å². The fourth-order valence-corrected chi connectivity index (χ4v) is 4.03. The number of amides is 1. The molecule has 0 radical (unpaired) electrons. The fourth-order valence-electron chi connectivity index (χ4n) is 4.03. The van der Waals surface area contributed by atoms with Gasteiger partial charge in [-0.25, -0.2) is 9.37 Å². The number of nitrogens with one attached hydrogen (secondary N) is 3. The van der Waals surface area contributed by atoms with Crippen molar-refractivity contribution in [3.05, 3.63) is 93.2 Å². The maximum Gasteiger partial charge on any atom is 0.293 e. The first-order chi connectivity index (χ1) is 18.0. The van der Waals surface area contributed by atoms with E-state index < -0.39 is 29.8 Å². The molecule has 0 spiro atoms. The molecule has 0 aliphatic carbocycles. The van der Waals surface area contributed by atoms with Crippen LogP contribution in [-0.4, -0.2) is 53.5 Å². The molecule has 1 amide bonds. The highest BCUT2D eigenvalue weighted by Crippen LogP contribution is 2.23. The van der Waals surface area contributed by atoms with Gasteiger partial charge in [0.15, 0.2) is 0 Å². The molecule has 192 valence electrons. The summed E-state index contributed by atoms with van der Waals surface area (Å²) in [5.74, 6) is 4.53. The third-order valence-corrected chi connectivity index (χ3v) is 6.15. The van der Waals surface area contributed by atoms with Crippen molar-refractivity contribution in [1.29, 1.82) is 0 Å². The molecule has 2 aromatic carbocycles. The van der Waals surface area contributed by atoms with E-state index in [-0.39, 0.29) is 18.7 Å². The number of alkyl halides is 1. The molecule has 2 heterocycles. The summed E-state index contributed by atoms with van der Waals surface area (Å²) in [6.07, 6.45) is 2.19. The lowest BCUT2D eigenvalue weighted by Gasteiger charge is -2.17. The zero-order valence-corrected chi connectivity index (χ0v) is 20.3. The van der Waals surface area contributed by atoms with Crippen LogP contribution in [0, 0.1) is 11.8 Å². The Morgan fingerprint density at radius 1 is 1.16 bits per heavy atom. The first kappa shape index (κ1) is 26.1. The standard InChI is InChI=1S/C28H29FN4O4/c29-12-13-30-27(35)24(15-25-26(34)28(36)33-18-32-25)22-9-7-20(8-10-22)2-1-19-3-5-21(6-4-19)16-31-23-11-14-37-17-23/h3-10,18,23-24,31,34H,11-17H2,(H,30,35)(H,32,33,36)/t23-,24?/m0/s1. The highest BCUT2D eigenvalue weighted by molar-refractivity contribution is 5.84. The van der Waals surface area contributed by atoms with Crippen molar-refractivity contribution >= 4 is 5.91 Å². The maximum absolute atomic E-state index is 12.7. The lowest BCUT2D eigenvalue weighted by Crippen LogP contribution is -2.32. The second-order valence-corrected chi connectivity index (χ2v) is 8.77. The summed E-state index contributed by atoms with van der Waals surface area (Å²) in [6, 6.07) is 15.6. The number of aromatic nitrogens is 2. The molecule has 3 aromatic rings. The van der Waals surface area contributed by atoms with Gasteiger partial charge in [-0.3, -0.25) is 9.59 Å². The van der Waals surface area contributed by atoms with Crippen LogP contribution in [0.5, 0.6) is 5.75 Å². The average molecular weight is 505 g/mol. The van der Waals surface area contributed by atoms with Crippen LogP contribution >= 0.6 is 0 Å². The van der Waals surface area contributed by atoms with Gasteiger partial charge in [-0.15, -0.1) is 0 Å². The average Bonchev–Trinajstić information content (AvgIpc) is 3.45. The minimum absolute atomic E-state index is 0.0200. The van der Waals surface area contributed by atoms with Crippen LogP contribution in [0.4, 0.5) is 4.39 Å². The van der Waals surface area contributed by atoms with Crippen LogP contribution in [0.1, 0.15) is 40.3 Å². The van der Waals surface area contributed by atoms with E-state index in [1.165, 1.54) is 11.9 Å². The molecular weight excluding hydrogens is 475 g/mol. The Morgan fingerprint density at radius 3 is 2.51 bits per heavy atom. The number of H-pyrrole nitrogens is 1. The molecule has 1 saturated heterocycles. The Hall–Kier alpha value is -4.00. The van der Waals surface area contributed by atoms with Crippen LogP contribution in [0.3, 0.4) is 0 Å². The third kappa shape index (κ3) is 7.26. The van der Waals surface area contributed by atoms with Crippen LogP contribution < -0.4 is 16.2 Å². The van der Waals surface area contributed by atoms with Crippen LogP contribution in [0.25, 0.3) is 0 Å². The summed E-state index contributed by atoms with van der Waals surface area (Å²) in [7, 11) is 0. The number of hydrogen-bond donors (Lipinski definition) is 4. The van der Waals surface area contributed by atoms with E-state index in [1.807, 2.05) is 12.1 Å². The first-order valence-corrected chi connectivity index (χ1v) is 12.1. The van der Waals surface area contributed by atoms with Gasteiger partial charge < -0.3 is 25.5 Å². The van der Waals surface area contributed by atoms with E-state index in [1.54, 1.807) is 24.3 Å². The highest BCUT2D eigenvalue weighted by atomic mass is 19.1. The zero-order valence-electron chi connectivity index (χ0n) is 20.3. The van der Waals surface area contributed by atoms with Crippen molar-refractivity contribution in [3.8, 4) is 17.6 Å². The number of rotatable bonds is 9. The summed E-state index contributed by atoms with van der Waals surface area (Å²) in [5.41, 5.74) is 2.86. The molecule has 0 bridgehead atoms. The SMILES string of the molecule is O=C(NCCF)C(Cc1nc[nH]c(=O)c1O)c1ccc(C#Cc2ccc(CN[C@H]3CCOC3)cc2)cc1. The van der Waals surface area contributed by atoms with Gasteiger partial charge in [0, 0.05) is 43.3 Å². The van der Waals surface area contributed by atoms with Crippen LogP contribution in [0.2, 0.25) is 0 Å². The zero-order chi connectivity index (χ0) is 26.0. The highest BCUT2D eigenvalue weighted by Gasteiger charge is 2.24. The summed E-state index contributed by atoms with van der Waals surface area (Å²) in [4.78, 5) is 30.7. The number of aromatic hydroxyl groups is 1. The minimum atomic E-state index is -0.772. The van der Waals surface area contributed by atoms with Crippen molar-refractivity contribution in [1.82, 2.24) is 20.6 Å². The van der Waals surface area contributed by atoms with E-state index >= 15 is 0 Å². The molecular formula is C28H29FN4O4. The summed E-state index contributed by atoms with van der Waals surface area (Å²) >= 11 is 0. The monoisotopic (exact) mass is 504 g/mol. The van der Waals surface area contributed by atoms with E-state index in [2.05, 4.69) is 44.6 Å². The van der Waals surface area contributed by atoms with Gasteiger partial charge in [0.25, 0.3) is 5.56 Å². The molecule has 8 nitrogen and oxygen atoms in total. The van der Waals surface area contributed by atoms with Crippen LogP contribution in [-0.2, 0) is 22.5 Å². The van der Waals surface area contributed by atoms with E-state index in [0.29, 0.717) is 11.6 Å². The van der Waals surface area contributed by atoms with E-state index in [0.717, 1.165) is 37.3 Å². The van der Waals surface area contributed by atoms with Gasteiger partial charge in [0.1, 0.15) is 6.67 Å². The fraction of sp³-hybridized carbons (Fsp3) is 0.321. The largest absolute Gasteiger partial charge is 0.502 e. The quantitative estimate of drug-likeness (QED) is 0.332. The normalized spacial score (nSPS) is 15.5. The number of halogens is 1. The maximum atomic E-state index is 12.7. The number of carbonyl (C=O) groups is 1. The number of benzene rings is 2. The Morgan fingerprint density at radius 2 is 1.86 bits per heavy atom. The van der Waals surface area contributed by atoms with Gasteiger partial charge in [0.2, 0.25) is 11.7 Å². The molecule has 37 heavy (non-hydrogen) atoms. The number of carbonyl (C=O) groups excluding carboxylic acids is 1. The van der Waals surface area contributed by atoms with E-state index in [9.17, 15) is 19.1 Å². The first-order valence-electron chi connectivity index (χ1n) is 12.1. The Kier molecular flexibility index (Phi) is 9.03. The number of ether oxygens (including phenoxy) is 1. The molecule has 2 atom stereocenters. The van der Waals surface area contributed by atoms with Gasteiger partial charge in [-0.2, -0.15) is 0 Å². The van der Waals surface area contributed by atoms with Crippen molar-refractivity contribution in [3.63, 3.8) is 0 Å². The summed E-state index contributed by atoms with van der Waals surface area (Å²) in [6.45, 7) is 1.53. The number of hydrogen-bond acceptors (Lipinski definition) is 6. The minimum Gasteiger partial charge on any atom is -0.502 e. The molecule has 0 saturated carbocycles. The van der Waals surface area contributed by atoms with E-state index in [4.69, 9.17) is 4.74 Å². The summed E-state index contributed by atoms with van der Waals surface area (Å²) in [5, 5.41) is 16.1. The second-order valence-electron chi connectivity index (χ2n) is 8.77. The Balaban J connectivity index is 1.44. The molecule has 4 N–H and O–H groups in total. The summed E-state index contributed by atoms with van der Waals surface area (Å²) < 4.78 is 18.0. The second kappa shape index (κ2) is 12.8. The Labute approximate surface area is 214 Å². The molecule has 1 aliphatic rings. The van der Waals surface area contributed by atoms with Crippen molar-refractivity contribution in [2.45, 2.75) is 31.3 Å². The lowest BCUT2D eigenvalue weighted by atomic mass is 9.92. The molecule has 1 aromatic heterocycles. The third-order valence-electron chi connectivity index (χ3n) is 6.15. The molecule has 9 heteroatoms. The van der Waals surface area contributed by atoms with Gasteiger partial charge in [-0.1, -0.05) is 36.1 Å². The molecule has 1 fully saturated rings. The lowest BCUT2D eigenvalue weighted by molar-refractivity contribution is -0.122. The van der Waals surface area contributed by atoms with Crippen molar-refractivity contribution in [2.75, 3.05) is 26.4 Å². The molecule has 1 unspecified atom stereocenters. The molecule has 4 rings (SSSR count). The predicted octanol–water partition coefficient (Wildman–Crippen LogP) is 2.17. The number of aromatic amines is 1. The number of nitrogens with zero attached hydrogens (tertiary/aromatic N) is 1. The van der Waals surface area contributed by atoms with Crippen LogP contribution in [0.15, 0.2) is 59.7 Å². The smallest absolute Gasteiger partial charge is 0.293 e.